The molecular formula is C15H24N6O6. The predicted octanol–water partition coefficient (Wildman–Crippen LogP) is 2.75. The number of nitrogens with zero attached hydrogens (tertiary/aromatic N) is 3. The van der Waals surface area contributed by atoms with Crippen molar-refractivity contribution in [3.8, 4) is 0 Å². The second kappa shape index (κ2) is 12.2. The van der Waals surface area contributed by atoms with Crippen LogP contribution in [0.3, 0.4) is 0 Å². The number of anilines is 3. The molecule has 0 atom stereocenters. The van der Waals surface area contributed by atoms with Crippen LogP contribution in [0.1, 0.15) is 40.0 Å². The van der Waals surface area contributed by atoms with E-state index in [9.17, 15) is 14.4 Å². The average molecular weight is 384 g/mol. The number of hydrogen-bond donors (Lipinski definition) is 3. The Morgan fingerprint density at radius 1 is 0.630 bits per heavy atom. The molecule has 3 N–H and O–H groups in total. The number of carbonyl (C=O) groups excluding carboxylic acids is 3. The maximum atomic E-state index is 11.7. The maximum absolute atomic E-state index is 11.7. The molecule has 150 valence electrons. The summed E-state index contributed by atoms with van der Waals surface area (Å²) in [4.78, 5) is 46.6. The van der Waals surface area contributed by atoms with Gasteiger partial charge in [-0.25, -0.2) is 14.4 Å². The van der Waals surface area contributed by atoms with Gasteiger partial charge in [-0.05, 0) is 19.3 Å². The van der Waals surface area contributed by atoms with Crippen molar-refractivity contribution in [3.05, 3.63) is 0 Å². The van der Waals surface area contributed by atoms with Gasteiger partial charge in [0.2, 0.25) is 17.8 Å². The Labute approximate surface area is 156 Å². The van der Waals surface area contributed by atoms with E-state index in [-0.39, 0.29) is 37.7 Å². The summed E-state index contributed by atoms with van der Waals surface area (Å²) in [6, 6.07) is 0. The zero-order valence-corrected chi connectivity index (χ0v) is 15.5. The van der Waals surface area contributed by atoms with E-state index in [2.05, 4.69) is 30.9 Å². The summed E-state index contributed by atoms with van der Waals surface area (Å²) < 4.78 is 14.6. The first kappa shape index (κ1) is 21.9. The number of aromatic nitrogens is 3. The molecule has 0 bridgehead atoms. The highest BCUT2D eigenvalue weighted by atomic mass is 16.6. The first-order valence-electron chi connectivity index (χ1n) is 8.55. The zero-order valence-electron chi connectivity index (χ0n) is 15.5. The summed E-state index contributed by atoms with van der Waals surface area (Å²) in [5, 5.41) is 6.85. The highest BCUT2D eigenvalue weighted by Gasteiger charge is 2.15. The van der Waals surface area contributed by atoms with Gasteiger partial charge < -0.3 is 14.2 Å². The van der Waals surface area contributed by atoms with Gasteiger partial charge in [0.15, 0.2) is 0 Å². The summed E-state index contributed by atoms with van der Waals surface area (Å²) in [5.41, 5.74) is 0. The summed E-state index contributed by atoms with van der Waals surface area (Å²) >= 11 is 0. The van der Waals surface area contributed by atoms with Gasteiger partial charge >= 0.3 is 18.3 Å². The minimum atomic E-state index is -0.790. The van der Waals surface area contributed by atoms with E-state index in [1.54, 1.807) is 0 Å². The lowest BCUT2D eigenvalue weighted by molar-refractivity contribution is 0.161. The molecular weight excluding hydrogens is 360 g/mol. The van der Waals surface area contributed by atoms with Crippen LogP contribution in [0.5, 0.6) is 0 Å². The Hall–Kier alpha value is -3.18. The molecule has 27 heavy (non-hydrogen) atoms. The summed E-state index contributed by atoms with van der Waals surface area (Å²) in [7, 11) is 0. The fourth-order valence-electron chi connectivity index (χ4n) is 1.51. The van der Waals surface area contributed by atoms with Crippen molar-refractivity contribution in [2.45, 2.75) is 40.0 Å². The molecule has 0 aromatic carbocycles. The van der Waals surface area contributed by atoms with E-state index in [1.807, 2.05) is 20.8 Å². The van der Waals surface area contributed by atoms with E-state index in [0.717, 1.165) is 0 Å². The summed E-state index contributed by atoms with van der Waals surface area (Å²) in [6.45, 7) is 6.14. The second-order valence-corrected chi connectivity index (χ2v) is 5.09. The number of amides is 3. The van der Waals surface area contributed by atoms with E-state index in [0.29, 0.717) is 19.3 Å². The van der Waals surface area contributed by atoms with Gasteiger partial charge in [-0.1, -0.05) is 20.8 Å². The number of nitrogens with one attached hydrogen (secondary N) is 3. The van der Waals surface area contributed by atoms with Gasteiger partial charge in [-0.15, -0.1) is 0 Å². The van der Waals surface area contributed by atoms with Crippen molar-refractivity contribution in [2.75, 3.05) is 35.8 Å². The standard InChI is InChI=1S/C15H24N6O6/c1-4-7-25-13(22)19-10-16-11(20-14(23)26-8-5-2)18-12(17-10)21-15(24)27-9-6-3/h4-9H2,1-3H3,(H3,16,17,18,19,20,21,22,23,24). The number of carbonyl (C=O) groups is 3. The molecule has 1 rings (SSSR count). The molecule has 3 amide bonds. The lowest BCUT2D eigenvalue weighted by Gasteiger charge is -2.10. The topological polar surface area (TPSA) is 154 Å². The average Bonchev–Trinajstić information content (AvgIpc) is 2.62. The molecule has 1 aromatic heterocycles. The van der Waals surface area contributed by atoms with Crippen molar-refractivity contribution in [1.29, 1.82) is 0 Å². The number of hydrogen-bond acceptors (Lipinski definition) is 9. The molecule has 1 heterocycles. The molecule has 0 spiro atoms. The van der Waals surface area contributed by atoms with Gasteiger partial charge in [0, 0.05) is 0 Å². The highest BCUT2D eigenvalue weighted by Crippen LogP contribution is 2.11. The Kier molecular flexibility index (Phi) is 9.89. The summed E-state index contributed by atoms with van der Waals surface area (Å²) in [6.07, 6.45) is -0.462. The van der Waals surface area contributed by atoms with Gasteiger partial charge in [0.25, 0.3) is 0 Å². The van der Waals surface area contributed by atoms with Crippen LogP contribution in [0.15, 0.2) is 0 Å². The molecule has 0 aliphatic heterocycles. The third-order valence-electron chi connectivity index (χ3n) is 2.59. The lowest BCUT2D eigenvalue weighted by atomic mass is 10.5. The normalized spacial score (nSPS) is 9.89. The molecule has 0 saturated carbocycles. The molecule has 0 radical (unpaired) electrons. The SMILES string of the molecule is CCCOC(=O)Nc1nc(NC(=O)OCCC)nc(NC(=O)OCCC)n1. The lowest BCUT2D eigenvalue weighted by Crippen LogP contribution is -2.22. The van der Waals surface area contributed by atoms with Gasteiger partial charge in [-0.3, -0.25) is 16.0 Å². The summed E-state index contributed by atoms with van der Waals surface area (Å²) in [5.74, 6) is -0.701. The van der Waals surface area contributed by atoms with Crippen LogP contribution in [0.2, 0.25) is 0 Å². The van der Waals surface area contributed by atoms with Crippen molar-refractivity contribution in [2.24, 2.45) is 0 Å². The second-order valence-electron chi connectivity index (χ2n) is 5.09. The molecule has 0 aliphatic rings. The molecule has 12 nitrogen and oxygen atoms in total. The molecule has 0 fully saturated rings. The Morgan fingerprint density at radius 2 is 0.889 bits per heavy atom. The van der Waals surface area contributed by atoms with Crippen LogP contribution in [0.4, 0.5) is 32.2 Å². The van der Waals surface area contributed by atoms with Crippen molar-refractivity contribution >= 4 is 36.1 Å². The van der Waals surface area contributed by atoms with Gasteiger partial charge in [-0.2, -0.15) is 15.0 Å². The minimum absolute atomic E-state index is 0.208. The Morgan fingerprint density at radius 3 is 1.11 bits per heavy atom. The van der Waals surface area contributed by atoms with Crippen molar-refractivity contribution < 1.29 is 28.6 Å². The quantitative estimate of drug-likeness (QED) is 0.545. The van der Waals surface area contributed by atoms with Crippen LogP contribution < -0.4 is 16.0 Å². The maximum Gasteiger partial charge on any atom is 0.414 e. The molecule has 0 unspecified atom stereocenters. The Balaban J connectivity index is 2.90. The third kappa shape index (κ3) is 9.18. The van der Waals surface area contributed by atoms with E-state index in [1.165, 1.54) is 0 Å². The first-order chi connectivity index (χ1) is 13.0. The molecule has 0 aliphatic carbocycles. The minimum Gasteiger partial charge on any atom is -0.449 e. The number of rotatable bonds is 9. The van der Waals surface area contributed by atoms with E-state index in [4.69, 9.17) is 14.2 Å². The van der Waals surface area contributed by atoms with Crippen LogP contribution >= 0.6 is 0 Å². The van der Waals surface area contributed by atoms with Gasteiger partial charge in [0.1, 0.15) is 0 Å². The predicted molar refractivity (Wildman–Crippen MR) is 95.6 cm³/mol. The van der Waals surface area contributed by atoms with Crippen molar-refractivity contribution in [1.82, 2.24) is 15.0 Å². The third-order valence-corrected chi connectivity index (χ3v) is 2.59. The fourth-order valence-corrected chi connectivity index (χ4v) is 1.51. The Bertz CT molecular complexity index is 543. The largest absolute Gasteiger partial charge is 0.449 e. The van der Waals surface area contributed by atoms with Crippen molar-refractivity contribution in [3.63, 3.8) is 0 Å². The monoisotopic (exact) mass is 384 g/mol. The van der Waals surface area contributed by atoms with Crippen LogP contribution in [0, 0.1) is 0 Å². The van der Waals surface area contributed by atoms with Crippen LogP contribution in [-0.2, 0) is 14.2 Å². The number of ether oxygens (including phenoxy) is 3. The molecule has 0 saturated heterocycles. The molecule has 12 heteroatoms. The smallest absolute Gasteiger partial charge is 0.414 e. The first-order valence-corrected chi connectivity index (χ1v) is 8.55. The van der Waals surface area contributed by atoms with Gasteiger partial charge in [0.05, 0.1) is 19.8 Å². The fraction of sp³-hybridized carbons (Fsp3) is 0.600. The highest BCUT2D eigenvalue weighted by molar-refractivity contribution is 5.86. The van der Waals surface area contributed by atoms with E-state index < -0.39 is 18.3 Å². The van der Waals surface area contributed by atoms with Crippen LogP contribution in [-0.4, -0.2) is 53.1 Å². The molecule has 1 aromatic rings. The van der Waals surface area contributed by atoms with E-state index >= 15 is 0 Å². The van der Waals surface area contributed by atoms with Crippen LogP contribution in [0.25, 0.3) is 0 Å². The zero-order chi connectivity index (χ0) is 20.1.